The van der Waals surface area contributed by atoms with Crippen LogP contribution in [0.4, 0.5) is 0 Å². The van der Waals surface area contributed by atoms with Crippen molar-refractivity contribution in [2.75, 3.05) is 6.61 Å². The van der Waals surface area contributed by atoms with Crippen LogP contribution in [0, 0.1) is 0 Å². The number of aliphatic hydroxyl groups is 1. The highest BCUT2D eigenvalue weighted by Gasteiger charge is 2.13. The Balaban J connectivity index is 2.69. The predicted molar refractivity (Wildman–Crippen MR) is 59.4 cm³/mol. The van der Waals surface area contributed by atoms with Gasteiger partial charge in [-0.05, 0) is 19.4 Å². The zero-order chi connectivity index (χ0) is 12.1. The SMILES string of the molecule is CC[C@@H](CO)NC(=O)c1cc(C(C)=O)c[nH]1. The summed E-state index contributed by atoms with van der Waals surface area (Å²) in [5, 5.41) is 11.6. The van der Waals surface area contributed by atoms with E-state index < -0.39 is 0 Å². The molecule has 1 rings (SSSR count). The Kier molecular flexibility index (Phi) is 4.25. The van der Waals surface area contributed by atoms with Crippen LogP contribution in [0.5, 0.6) is 0 Å². The first-order valence-electron chi connectivity index (χ1n) is 5.19. The highest BCUT2D eigenvalue weighted by Crippen LogP contribution is 2.04. The number of nitrogens with one attached hydrogen (secondary N) is 2. The Bertz CT molecular complexity index is 380. The third-order valence-electron chi connectivity index (χ3n) is 2.38. The molecule has 0 aliphatic rings. The summed E-state index contributed by atoms with van der Waals surface area (Å²) in [6.45, 7) is 3.22. The van der Waals surface area contributed by atoms with E-state index in [4.69, 9.17) is 5.11 Å². The summed E-state index contributed by atoms with van der Waals surface area (Å²) in [5.41, 5.74) is 0.805. The highest BCUT2D eigenvalue weighted by atomic mass is 16.3. The molecule has 5 heteroatoms. The van der Waals surface area contributed by atoms with Gasteiger partial charge in [0.15, 0.2) is 5.78 Å². The summed E-state index contributed by atoms with van der Waals surface area (Å²) in [6.07, 6.45) is 2.15. The Morgan fingerprint density at radius 1 is 1.56 bits per heavy atom. The van der Waals surface area contributed by atoms with Gasteiger partial charge in [-0.25, -0.2) is 0 Å². The molecule has 3 N–H and O–H groups in total. The van der Waals surface area contributed by atoms with Crippen LogP contribution in [0.15, 0.2) is 12.3 Å². The summed E-state index contributed by atoms with van der Waals surface area (Å²) in [6, 6.07) is 1.25. The molecule has 1 aromatic rings. The Morgan fingerprint density at radius 3 is 2.69 bits per heavy atom. The normalized spacial score (nSPS) is 12.2. The van der Waals surface area contributed by atoms with E-state index in [1.54, 1.807) is 0 Å². The molecule has 0 bridgehead atoms. The van der Waals surface area contributed by atoms with Crippen molar-refractivity contribution in [2.24, 2.45) is 0 Å². The average molecular weight is 224 g/mol. The lowest BCUT2D eigenvalue weighted by atomic mass is 10.2. The van der Waals surface area contributed by atoms with E-state index in [1.165, 1.54) is 19.2 Å². The smallest absolute Gasteiger partial charge is 0.268 e. The molecular weight excluding hydrogens is 208 g/mol. The molecule has 0 saturated carbocycles. The van der Waals surface area contributed by atoms with Gasteiger partial charge in [0, 0.05) is 11.8 Å². The van der Waals surface area contributed by atoms with Gasteiger partial charge >= 0.3 is 0 Å². The standard InChI is InChI=1S/C11H16N2O3/c1-3-9(6-14)13-11(16)10-4-8(5-12-10)7(2)15/h4-5,9,12,14H,3,6H2,1-2H3,(H,13,16)/t9-/m0/s1. The third kappa shape index (κ3) is 2.93. The van der Waals surface area contributed by atoms with Crippen molar-refractivity contribution >= 4 is 11.7 Å². The quantitative estimate of drug-likeness (QED) is 0.644. The second-order valence-corrected chi connectivity index (χ2v) is 3.62. The molecule has 0 spiro atoms. The van der Waals surface area contributed by atoms with Gasteiger partial charge in [0.2, 0.25) is 0 Å². The van der Waals surface area contributed by atoms with Crippen molar-refractivity contribution < 1.29 is 14.7 Å². The summed E-state index contributed by atoms with van der Waals surface area (Å²) >= 11 is 0. The first kappa shape index (κ1) is 12.4. The summed E-state index contributed by atoms with van der Waals surface area (Å²) in [4.78, 5) is 25.4. The van der Waals surface area contributed by atoms with E-state index in [1.807, 2.05) is 6.92 Å². The number of aliphatic hydroxyl groups excluding tert-OH is 1. The van der Waals surface area contributed by atoms with Crippen LogP contribution in [-0.2, 0) is 0 Å². The van der Waals surface area contributed by atoms with Gasteiger partial charge in [0.25, 0.3) is 5.91 Å². The summed E-state index contributed by atoms with van der Waals surface area (Å²) in [7, 11) is 0. The van der Waals surface area contributed by atoms with Gasteiger partial charge < -0.3 is 15.4 Å². The van der Waals surface area contributed by atoms with Crippen LogP contribution < -0.4 is 5.32 Å². The molecule has 88 valence electrons. The van der Waals surface area contributed by atoms with Crippen LogP contribution in [0.1, 0.15) is 41.1 Å². The summed E-state index contributed by atoms with van der Waals surface area (Å²) in [5.74, 6) is -0.405. The molecule has 0 unspecified atom stereocenters. The van der Waals surface area contributed by atoms with Crippen molar-refractivity contribution in [1.82, 2.24) is 10.3 Å². The fourth-order valence-electron chi connectivity index (χ4n) is 1.27. The van der Waals surface area contributed by atoms with E-state index in [2.05, 4.69) is 10.3 Å². The first-order chi connectivity index (χ1) is 7.58. The van der Waals surface area contributed by atoms with Crippen molar-refractivity contribution in [3.05, 3.63) is 23.5 Å². The van der Waals surface area contributed by atoms with Gasteiger partial charge in [-0.2, -0.15) is 0 Å². The monoisotopic (exact) mass is 224 g/mol. The maximum absolute atomic E-state index is 11.6. The third-order valence-corrected chi connectivity index (χ3v) is 2.38. The van der Waals surface area contributed by atoms with Crippen LogP contribution in [-0.4, -0.2) is 34.4 Å². The molecule has 5 nitrogen and oxygen atoms in total. The largest absolute Gasteiger partial charge is 0.394 e. The molecule has 0 aromatic carbocycles. The molecule has 0 saturated heterocycles. The van der Waals surface area contributed by atoms with Crippen molar-refractivity contribution in [3.8, 4) is 0 Å². The van der Waals surface area contributed by atoms with Crippen LogP contribution >= 0.6 is 0 Å². The number of rotatable bonds is 5. The lowest BCUT2D eigenvalue weighted by Crippen LogP contribution is -2.37. The molecule has 0 fully saturated rings. The maximum Gasteiger partial charge on any atom is 0.268 e. The average Bonchev–Trinajstić information content (AvgIpc) is 2.74. The predicted octanol–water partition coefficient (Wildman–Crippen LogP) is 0.718. The number of amides is 1. The van der Waals surface area contributed by atoms with E-state index in [0.717, 1.165) is 0 Å². The van der Waals surface area contributed by atoms with Gasteiger partial charge in [-0.3, -0.25) is 9.59 Å². The zero-order valence-corrected chi connectivity index (χ0v) is 9.41. The number of hydrogen-bond acceptors (Lipinski definition) is 3. The second kappa shape index (κ2) is 5.46. The minimum Gasteiger partial charge on any atom is -0.394 e. The minimum absolute atomic E-state index is 0.0931. The fourth-order valence-corrected chi connectivity index (χ4v) is 1.27. The molecule has 0 aliphatic heterocycles. The van der Waals surface area contributed by atoms with Gasteiger partial charge in [0.05, 0.1) is 12.6 Å². The number of H-pyrrole nitrogens is 1. The Morgan fingerprint density at radius 2 is 2.25 bits per heavy atom. The molecule has 0 radical (unpaired) electrons. The van der Waals surface area contributed by atoms with Crippen LogP contribution in [0.2, 0.25) is 0 Å². The molecule has 1 amide bonds. The van der Waals surface area contributed by atoms with E-state index in [-0.39, 0.29) is 24.3 Å². The highest BCUT2D eigenvalue weighted by molar-refractivity contribution is 5.99. The van der Waals surface area contributed by atoms with Crippen molar-refractivity contribution in [3.63, 3.8) is 0 Å². The molecule has 1 aromatic heterocycles. The van der Waals surface area contributed by atoms with Gasteiger partial charge in [0.1, 0.15) is 5.69 Å². The molecule has 1 atom stereocenters. The number of carbonyl (C=O) groups excluding carboxylic acids is 2. The maximum atomic E-state index is 11.6. The van der Waals surface area contributed by atoms with Gasteiger partial charge in [-0.1, -0.05) is 6.92 Å². The number of aromatic amines is 1. The van der Waals surface area contributed by atoms with E-state index in [9.17, 15) is 9.59 Å². The first-order valence-corrected chi connectivity index (χ1v) is 5.19. The second-order valence-electron chi connectivity index (χ2n) is 3.62. The topological polar surface area (TPSA) is 82.2 Å². The van der Waals surface area contributed by atoms with Gasteiger partial charge in [-0.15, -0.1) is 0 Å². The van der Waals surface area contributed by atoms with Crippen LogP contribution in [0.3, 0.4) is 0 Å². The number of ketones is 1. The molecular formula is C11H16N2O3. The molecule has 16 heavy (non-hydrogen) atoms. The Labute approximate surface area is 93.9 Å². The number of Topliss-reactive ketones (excluding diaryl/α,β-unsaturated/α-hetero) is 1. The van der Waals surface area contributed by atoms with Crippen LogP contribution in [0.25, 0.3) is 0 Å². The number of hydrogen-bond donors (Lipinski definition) is 3. The zero-order valence-electron chi connectivity index (χ0n) is 9.41. The number of aromatic nitrogens is 1. The summed E-state index contributed by atoms with van der Waals surface area (Å²) < 4.78 is 0. The fraction of sp³-hybridized carbons (Fsp3) is 0.455. The molecule has 1 heterocycles. The van der Waals surface area contributed by atoms with Crippen molar-refractivity contribution in [1.29, 1.82) is 0 Å². The number of carbonyl (C=O) groups is 2. The molecule has 0 aliphatic carbocycles. The minimum atomic E-state index is -0.312. The Hall–Kier alpha value is -1.62. The lowest BCUT2D eigenvalue weighted by molar-refractivity contribution is 0.0910. The van der Waals surface area contributed by atoms with E-state index in [0.29, 0.717) is 17.7 Å². The van der Waals surface area contributed by atoms with E-state index >= 15 is 0 Å². The van der Waals surface area contributed by atoms with Crippen molar-refractivity contribution in [2.45, 2.75) is 26.3 Å². The lowest BCUT2D eigenvalue weighted by Gasteiger charge is -2.12.